The van der Waals surface area contributed by atoms with Gasteiger partial charge < -0.3 is 15.4 Å². The molecule has 1 aliphatic rings. The Hall–Kier alpha value is -2.24. The smallest absolute Gasteiger partial charge is 0.227 e. The maximum absolute atomic E-state index is 13.4. The maximum Gasteiger partial charge on any atom is 0.227 e. The molecule has 3 rings (SSSR count). The Morgan fingerprint density at radius 2 is 2.00 bits per heavy atom. The van der Waals surface area contributed by atoms with Crippen LogP contribution in [0.4, 0.5) is 4.39 Å². The standard InChI is InChI=1S/C20H23FN2O2/c1-14(19(22)15-6-3-2-4-7-15)20(24)23-10-11-25-18(13-23)16-8-5-9-17(21)12-16/h2-9,12,14,18-19H,10-11,13,22H2,1H3. The van der Waals surface area contributed by atoms with Gasteiger partial charge in [0.1, 0.15) is 11.9 Å². The second-order valence-electron chi connectivity index (χ2n) is 6.42. The van der Waals surface area contributed by atoms with Gasteiger partial charge in [0.05, 0.1) is 19.1 Å². The molecule has 0 aliphatic carbocycles. The number of nitrogens with zero attached hydrogens (tertiary/aromatic N) is 1. The van der Waals surface area contributed by atoms with E-state index in [1.54, 1.807) is 11.0 Å². The Labute approximate surface area is 147 Å². The van der Waals surface area contributed by atoms with Gasteiger partial charge in [0.2, 0.25) is 5.91 Å². The fourth-order valence-corrected chi connectivity index (χ4v) is 3.16. The number of morpholine rings is 1. The molecule has 0 bridgehead atoms. The summed E-state index contributed by atoms with van der Waals surface area (Å²) in [6, 6.07) is 15.6. The zero-order valence-corrected chi connectivity index (χ0v) is 14.3. The molecule has 4 nitrogen and oxygen atoms in total. The van der Waals surface area contributed by atoms with Gasteiger partial charge in [-0.15, -0.1) is 0 Å². The molecule has 3 unspecified atom stereocenters. The fourth-order valence-electron chi connectivity index (χ4n) is 3.16. The summed E-state index contributed by atoms with van der Waals surface area (Å²) in [5.74, 6) is -0.640. The third-order valence-corrected chi connectivity index (χ3v) is 4.71. The third-order valence-electron chi connectivity index (χ3n) is 4.71. The molecule has 1 fully saturated rings. The number of nitrogens with two attached hydrogens (primary N) is 1. The van der Waals surface area contributed by atoms with Crippen molar-refractivity contribution in [1.29, 1.82) is 0 Å². The van der Waals surface area contributed by atoms with E-state index in [0.717, 1.165) is 11.1 Å². The number of amides is 1. The second-order valence-corrected chi connectivity index (χ2v) is 6.42. The van der Waals surface area contributed by atoms with Gasteiger partial charge in [0.15, 0.2) is 0 Å². The van der Waals surface area contributed by atoms with E-state index in [4.69, 9.17) is 10.5 Å². The molecule has 1 heterocycles. The van der Waals surface area contributed by atoms with Crippen molar-refractivity contribution in [2.75, 3.05) is 19.7 Å². The minimum absolute atomic E-state index is 0.000978. The molecule has 1 aliphatic heterocycles. The molecular weight excluding hydrogens is 319 g/mol. The van der Waals surface area contributed by atoms with Crippen LogP contribution in [-0.4, -0.2) is 30.5 Å². The molecule has 1 amide bonds. The summed E-state index contributed by atoms with van der Waals surface area (Å²) in [6.45, 7) is 3.22. The summed E-state index contributed by atoms with van der Waals surface area (Å²) in [5, 5.41) is 0. The molecule has 0 aromatic heterocycles. The molecule has 2 aromatic rings. The molecule has 1 saturated heterocycles. The monoisotopic (exact) mass is 342 g/mol. The normalized spacial score (nSPS) is 20.1. The summed E-state index contributed by atoms with van der Waals surface area (Å²) >= 11 is 0. The second kappa shape index (κ2) is 7.76. The third kappa shape index (κ3) is 4.06. The molecule has 5 heteroatoms. The highest BCUT2D eigenvalue weighted by Crippen LogP contribution is 2.26. The van der Waals surface area contributed by atoms with Crippen LogP contribution in [0.3, 0.4) is 0 Å². The summed E-state index contributed by atoms with van der Waals surface area (Å²) in [5.41, 5.74) is 7.97. The van der Waals surface area contributed by atoms with Gasteiger partial charge in [-0.3, -0.25) is 4.79 Å². The lowest BCUT2D eigenvalue weighted by molar-refractivity contribution is -0.143. The van der Waals surface area contributed by atoms with E-state index in [0.29, 0.717) is 19.7 Å². The highest BCUT2D eigenvalue weighted by atomic mass is 19.1. The van der Waals surface area contributed by atoms with E-state index in [1.165, 1.54) is 12.1 Å². The number of carbonyl (C=O) groups is 1. The van der Waals surface area contributed by atoms with Crippen LogP contribution in [0.1, 0.15) is 30.2 Å². The van der Waals surface area contributed by atoms with Crippen LogP contribution in [-0.2, 0) is 9.53 Å². The van der Waals surface area contributed by atoms with Crippen LogP contribution in [0.2, 0.25) is 0 Å². The van der Waals surface area contributed by atoms with Gasteiger partial charge in [-0.05, 0) is 23.3 Å². The van der Waals surface area contributed by atoms with E-state index < -0.39 is 0 Å². The molecule has 132 valence electrons. The highest BCUT2D eigenvalue weighted by Gasteiger charge is 2.31. The molecular formula is C20H23FN2O2. The van der Waals surface area contributed by atoms with Gasteiger partial charge >= 0.3 is 0 Å². The Morgan fingerprint density at radius 1 is 1.24 bits per heavy atom. The summed E-state index contributed by atoms with van der Waals surface area (Å²) in [4.78, 5) is 14.6. The predicted molar refractivity (Wildman–Crippen MR) is 94.2 cm³/mol. The Morgan fingerprint density at radius 3 is 2.72 bits per heavy atom. The number of hydrogen-bond acceptors (Lipinski definition) is 3. The lowest BCUT2D eigenvalue weighted by Crippen LogP contribution is -2.46. The average Bonchev–Trinajstić information content (AvgIpc) is 2.67. The maximum atomic E-state index is 13.4. The first-order valence-corrected chi connectivity index (χ1v) is 8.52. The van der Waals surface area contributed by atoms with Crippen molar-refractivity contribution in [2.24, 2.45) is 11.7 Å². The topological polar surface area (TPSA) is 55.6 Å². The lowest BCUT2D eigenvalue weighted by atomic mass is 9.93. The quantitative estimate of drug-likeness (QED) is 0.929. The van der Waals surface area contributed by atoms with Crippen LogP contribution in [0.5, 0.6) is 0 Å². The molecule has 2 N–H and O–H groups in total. The Kier molecular flexibility index (Phi) is 5.46. The van der Waals surface area contributed by atoms with Gasteiger partial charge in [-0.25, -0.2) is 4.39 Å². The molecule has 2 aromatic carbocycles. The molecule has 3 atom stereocenters. The van der Waals surface area contributed by atoms with Crippen molar-refractivity contribution < 1.29 is 13.9 Å². The average molecular weight is 342 g/mol. The van der Waals surface area contributed by atoms with Crippen LogP contribution >= 0.6 is 0 Å². The van der Waals surface area contributed by atoms with Crippen LogP contribution < -0.4 is 5.73 Å². The lowest BCUT2D eigenvalue weighted by Gasteiger charge is -2.35. The first-order valence-electron chi connectivity index (χ1n) is 8.52. The van der Waals surface area contributed by atoms with Gasteiger partial charge in [-0.2, -0.15) is 0 Å². The molecule has 0 radical (unpaired) electrons. The van der Waals surface area contributed by atoms with E-state index in [9.17, 15) is 9.18 Å². The number of halogens is 1. The summed E-state index contributed by atoms with van der Waals surface area (Å²) in [7, 11) is 0. The first-order chi connectivity index (χ1) is 12.1. The fraction of sp³-hybridized carbons (Fsp3) is 0.350. The zero-order chi connectivity index (χ0) is 17.8. The summed E-state index contributed by atoms with van der Waals surface area (Å²) < 4.78 is 19.2. The first kappa shape index (κ1) is 17.6. The van der Waals surface area contributed by atoms with Crippen LogP contribution in [0.15, 0.2) is 54.6 Å². The van der Waals surface area contributed by atoms with Gasteiger partial charge in [-0.1, -0.05) is 49.4 Å². The van der Waals surface area contributed by atoms with E-state index in [2.05, 4.69) is 0 Å². The SMILES string of the molecule is CC(C(=O)N1CCOC(c2cccc(F)c2)C1)C(N)c1ccccc1. The van der Waals surface area contributed by atoms with Crippen LogP contribution in [0, 0.1) is 11.7 Å². The van der Waals surface area contributed by atoms with Gasteiger partial charge in [0, 0.05) is 12.6 Å². The van der Waals surface area contributed by atoms with Crippen molar-refractivity contribution >= 4 is 5.91 Å². The van der Waals surface area contributed by atoms with Crippen molar-refractivity contribution in [3.8, 4) is 0 Å². The van der Waals surface area contributed by atoms with E-state index >= 15 is 0 Å². The van der Waals surface area contributed by atoms with Crippen molar-refractivity contribution in [1.82, 2.24) is 4.90 Å². The largest absolute Gasteiger partial charge is 0.370 e. The number of hydrogen-bond donors (Lipinski definition) is 1. The van der Waals surface area contributed by atoms with Crippen molar-refractivity contribution in [2.45, 2.75) is 19.1 Å². The molecule has 0 spiro atoms. The molecule has 0 saturated carbocycles. The Balaban J connectivity index is 1.69. The zero-order valence-electron chi connectivity index (χ0n) is 14.3. The molecule has 25 heavy (non-hydrogen) atoms. The van der Waals surface area contributed by atoms with Crippen molar-refractivity contribution in [3.63, 3.8) is 0 Å². The van der Waals surface area contributed by atoms with E-state index in [-0.39, 0.29) is 29.8 Å². The van der Waals surface area contributed by atoms with Crippen LogP contribution in [0.25, 0.3) is 0 Å². The number of rotatable bonds is 4. The number of benzene rings is 2. The number of ether oxygens (including phenoxy) is 1. The predicted octanol–water partition coefficient (Wildman–Crippen LogP) is 3.06. The number of carbonyl (C=O) groups excluding carboxylic acids is 1. The van der Waals surface area contributed by atoms with E-state index in [1.807, 2.05) is 43.3 Å². The Bertz CT molecular complexity index is 723. The van der Waals surface area contributed by atoms with Crippen molar-refractivity contribution in [3.05, 3.63) is 71.5 Å². The van der Waals surface area contributed by atoms with Gasteiger partial charge in [0.25, 0.3) is 0 Å². The highest BCUT2D eigenvalue weighted by molar-refractivity contribution is 5.79. The summed E-state index contributed by atoms with van der Waals surface area (Å²) in [6.07, 6.45) is -0.312. The minimum Gasteiger partial charge on any atom is -0.370 e. The minimum atomic E-state index is -0.357.